The Morgan fingerprint density at radius 3 is 2.60 bits per heavy atom. The highest BCUT2D eigenvalue weighted by Gasteiger charge is 1.95. The van der Waals surface area contributed by atoms with Gasteiger partial charge >= 0.3 is 5.96 Å². The Labute approximate surface area is 61.9 Å². The van der Waals surface area contributed by atoms with Crippen molar-refractivity contribution in [3.8, 4) is 0 Å². The zero-order valence-corrected chi connectivity index (χ0v) is 6.86. The molecular weight excluding hydrogens is 128 g/mol. The first-order valence-corrected chi connectivity index (χ1v) is 3.44. The van der Waals surface area contributed by atoms with Crippen molar-refractivity contribution < 1.29 is 4.99 Å². The van der Waals surface area contributed by atoms with Crippen LogP contribution in [0, 0.1) is 0 Å². The zero-order valence-electron chi connectivity index (χ0n) is 6.86. The monoisotopic (exact) mass is 145 g/mol. The van der Waals surface area contributed by atoms with Crippen molar-refractivity contribution in [2.45, 2.75) is 19.9 Å². The molecule has 0 radical (unpaired) electrons. The van der Waals surface area contributed by atoms with Gasteiger partial charge in [0.15, 0.2) is 0 Å². The predicted octanol–water partition coefficient (Wildman–Crippen LogP) is -2.44. The number of hydrogen-bond acceptors (Lipinski definition) is 1. The molecule has 60 valence electrons. The van der Waals surface area contributed by atoms with E-state index in [-0.39, 0.29) is 0 Å². The maximum Gasteiger partial charge on any atom is 0.341 e. The van der Waals surface area contributed by atoms with Crippen LogP contribution >= 0.6 is 0 Å². The summed E-state index contributed by atoms with van der Waals surface area (Å²) in [6.45, 7) is 4.86. The molecule has 0 aromatic heterocycles. The lowest BCUT2D eigenvalue weighted by atomic mass is 10.4. The lowest BCUT2D eigenvalue weighted by Crippen LogP contribution is -2.75. The van der Waals surface area contributed by atoms with Gasteiger partial charge in [0.1, 0.15) is 6.67 Å². The summed E-state index contributed by atoms with van der Waals surface area (Å²) < 4.78 is 0. The van der Waals surface area contributed by atoms with Crippen LogP contribution in [0.3, 0.4) is 0 Å². The van der Waals surface area contributed by atoms with Crippen molar-refractivity contribution in [3.63, 3.8) is 0 Å². The van der Waals surface area contributed by atoms with Gasteiger partial charge in [-0.1, -0.05) is 0 Å². The highest BCUT2D eigenvalue weighted by atomic mass is 15.2. The molecule has 0 unspecified atom stereocenters. The summed E-state index contributed by atoms with van der Waals surface area (Å²) in [6, 6.07) is 0.483. The molecule has 5 N–H and O–H groups in total. The zero-order chi connectivity index (χ0) is 7.98. The molecule has 4 nitrogen and oxygen atoms in total. The molecule has 0 atom stereocenters. The Kier molecular flexibility index (Phi) is 4.66. The van der Waals surface area contributed by atoms with Gasteiger partial charge in [-0.05, 0) is 13.8 Å². The quantitative estimate of drug-likeness (QED) is 0.203. The summed E-state index contributed by atoms with van der Waals surface area (Å²) in [6.07, 6.45) is 0. The molecule has 0 bridgehead atoms. The molecule has 0 saturated heterocycles. The van der Waals surface area contributed by atoms with Crippen molar-refractivity contribution >= 4 is 5.96 Å². The van der Waals surface area contributed by atoms with E-state index in [1.807, 2.05) is 0 Å². The molecule has 0 aliphatic rings. The maximum atomic E-state index is 5.41. The third-order valence-corrected chi connectivity index (χ3v) is 1.06. The van der Waals surface area contributed by atoms with E-state index in [1.165, 1.54) is 0 Å². The van der Waals surface area contributed by atoms with E-state index in [4.69, 9.17) is 5.73 Å². The first-order chi connectivity index (χ1) is 4.66. The second-order valence-corrected chi connectivity index (χ2v) is 2.38. The summed E-state index contributed by atoms with van der Waals surface area (Å²) in [7, 11) is 1.78. The number of hydrogen-bond donors (Lipinski definition) is 4. The third kappa shape index (κ3) is 5.37. The average Bonchev–Trinajstić information content (AvgIpc) is 1.87. The van der Waals surface area contributed by atoms with Crippen LogP contribution in [0.4, 0.5) is 0 Å². The molecule has 0 spiro atoms. The van der Waals surface area contributed by atoms with Crippen molar-refractivity contribution in [1.29, 1.82) is 0 Å². The topological polar surface area (TPSA) is 64.0 Å². The molecule has 10 heavy (non-hydrogen) atoms. The summed E-state index contributed by atoms with van der Waals surface area (Å²) in [5.41, 5.74) is 5.41. The Bertz CT molecular complexity index is 108. The Hall–Kier alpha value is -0.770. The van der Waals surface area contributed by atoms with Gasteiger partial charge in [0.25, 0.3) is 0 Å². The van der Waals surface area contributed by atoms with Gasteiger partial charge in [0.05, 0.1) is 7.05 Å². The normalized spacial score (nSPS) is 12.2. The Morgan fingerprint density at radius 1 is 1.60 bits per heavy atom. The van der Waals surface area contributed by atoms with Gasteiger partial charge in [-0.15, -0.1) is 0 Å². The number of nitrogens with two attached hydrogens (primary N) is 1. The van der Waals surface area contributed by atoms with Crippen LogP contribution in [0.1, 0.15) is 13.8 Å². The first-order valence-electron chi connectivity index (χ1n) is 3.44. The third-order valence-electron chi connectivity index (χ3n) is 1.06. The fourth-order valence-corrected chi connectivity index (χ4v) is 0.439. The van der Waals surface area contributed by atoms with Gasteiger partial charge in [0, 0.05) is 6.04 Å². The van der Waals surface area contributed by atoms with Crippen molar-refractivity contribution in [2.24, 2.45) is 5.73 Å². The lowest BCUT2D eigenvalue weighted by molar-refractivity contribution is -0.423. The Balaban J connectivity index is 3.20. The van der Waals surface area contributed by atoms with Gasteiger partial charge in [-0.2, -0.15) is 0 Å². The molecule has 0 amide bonds. The SMILES string of the molecule is C[NH+]=C(N)NCNC(C)C. The van der Waals surface area contributed by atoms with E-state index in [0.717, 1.165) is 0 Å². The number of nitrogens with one attached hydrogen (secondary N) is 3. The molecule has 4 heteroatoms. The smallest absolute Gasteiger partial charge is 0.291 e. The summed E-state index contributed by atoms with van der Waals surface area (Å²) in [5, 5.41) is 6.09. The molecule has 0 aliphatic carbocycles. The second kappa shape index (κ2) is 5.05. The highest BCUT2D eigenvalue weighted by Crippen LogP contribution is 1.70. The summed E-state index contributed by atoms with van der Waals surface area (Å²) in [4.78, 5) is 2.78. The Morgan fingerprint density at radius 2 is 2.20 bits per heavy atom. The minimum Gasteiger partial charge on any atom is -0.291 e. The molecule has 0 aliphatic heterocycles. The molecular formula is C6H17N4+. The van der Waals surface area contributed by atoms with Crippen LogP contribution in [0.2, 0.25) is 0 Å². The van der Waals surface area contributed by atoms with Crippen LogP contribution in [-0.4, -0.2) is 25.7 Å². The molecule has 0 aromatic rings. The summed E-state index contributed by atoms with van der Waals surface area (Å²) in [5.74, 6) is 0.591. The maximum absolute atomic E-state index is 5.41. The molecule has 0 aromatic carbocycles. The minimum absolute atomic E-state index is 0.483. The van der Waals surface area contributed by atoms with Gasteiger partial charge in [-0.3, -0.25) is 21.4 Å². The van der Waals surface area contributed by atoms with Gasteiger partial charge in [-0.25, -0.2) is 0 Å². The predicted molar refractivity (Wildman–Crippen MR) is 42.4 cm³/mol. The average molecular weight is 145 g/mol. The van der Waals surface area contributed by atoms with E-state index in [1.54, 1.807) is 7.05 Å². The van der Waals surface area contributed by atoms with Crippen LogP contribution < -0.4 is 21.4 Å². The fourth-order valence-electron chi connectivity index (χ4n) is 0.439. The number of guanidine groups is 1. The van der Waals surface area contributed by atoms with E-state index in [2.05, 4.69) is 29.5 Å². The number of rotatable bonds is 3. The van der Waals surface area contributed by atoms with E-state index in [0.29, 0.717) is 18.7 Å². The van der Waals surface area contributed by atoms with E-state index < -0.39 is 0 Å². The second-order valence-electron chi connectivity index (χ2n) is 2.38. The standard InChI is InChI=1S/C6H16N4/c1-5(2)9-4-10-6(7)8-3/h5,9H,4H2,1-3H3,(H3,7,8,10)/p+1. The first kappa shape index (κ1) is 9.23. The minimum atomic E-state index is 0.483. The molecule has 0 saturated carbocycles. The van der Waals surface area contributed by atoms with Crippen LogP contribution in [0.25, 0.3) is 0 Å². The van der Waals surface area contributed by atoms with Crippen molar-refractivity contribution in [2.75, 3.05) is 13.7 Å². The highest BCUT2D eigenvalue weighted by molar-refractivity contribution is 5.71. The van der Waals surface area contributed by atoms with Crippen LogP contribution in [0.5, 0.6) is 0 Å². The van der Waals surface area contributed by atoms with Gasteiger partial charge in [0.2, 0.25) is 0 Å². The molecule has 0 fully saturated rings. The van der Waals surface area contributed by atoms with Crippen LogP contribution in [0.15, 0.2) is 0 Å². The largest absolute Gasteiger partial charge is 0.341 e. The molecule has 0 heterocycles. The van der Waals surface area contributed by atoms with Gasteiger partial charge < -0.3 is 0 Å². The van der Waals surface area contributed by atoms with E-state index in [9.17, 15) is 0 Å². The molecule has 0 rings (SSSR count). The van der Waals surface area contributed by atoms with E-state index >= 15 is 0 Å². The fraction of sp³-hybridized carbons (Fsp3) is 0.833. The van der Waals surface area contributed by atoms with Crippen LogP contribution in [-0.2, 0) is 0 Å². The lowest BCUT2D eigenvalue weighted by Gasteiger charge is -2.05. The van der Waals surface area contributed by atoms with Crippen molar-refractivity contribution in [1.82, 2.24) is 10.6 Å². The summed E-state index contributed by atoms with van der Waals surface area (Å²) >= 11 is 0. The van der Waals surface area contributed by atoms with Crippen molar-refractivity contribution in [3.05, 3.63) is 0 Å².